The Morgan fingerprint density at radius 3 is 1.55 bits per heavy atom. The summed E-state index contributed by atoms with van der Waals surface area (Å²) in [4.78, 5) is 5.38. The summed E-state index contributed by atoms with van der Waals surface area (Å²) in [5, 5.41) is 6.94. The molecule has 1 rings (SSSR count). The van der Waals surface area contributed by atoms with E-state index < -0.39 is 23.8 Å². The first kappa shape index (κ1) is 16.5. The first-order valence-corrected chi connectivity index (χ1v) is 5.94. The van der Waals surface area contributed by atoms with E-state index in [2.05, 4.69) is 20.1 Å². The Hall–Kier alpha value is -1.54. The van der Waals surface area contributed by atoms with Crippen LogP contribution in [-0.4, -0.2) is 51.1 Å². The molecule has 0 N–H and O–H groups in total. The Bertz CT molecular complexity index is 395. The monoisotopic (exact) mass is 286 g/mol. The maximum absolute atomic E-state index is 8.42. The minimum absolute atomic E-state index is 0.0286. The average molecular weight is 286 g/mol. The molecule has 0 spiro atoms. The largest absolute Gasteiger partial charge is 0.349 e. The minimum atomic E-state index is -1.19. The molecule has 0 unspecified atom stereocenters. The Morgan fingerprint density at radius 2 is 1.30 bits per heavy atom. The summed E-state index contributed by atoms with van der Waals surface area (Å²) in [5.41, 5.74) is 16.8. The van der Waals surface area contributed by atoms with Crippen LogP contribution in [-0.2, 0) is 18.9 Å². The normalized spacial score (nSPS) is 36.8. The van der Waals surface area contributed by atoms with Crippen molar-refractivity contribution in [3.63, 3.8) is 0 Å². The smallest absolute Gasteiger partial charge is 0.220 e. The Balaban J connectivity index is 3.03. The van der Waals surface area contributed by atoms with Crippen molar-refractivity contribution in [1.82, 2.24) is 0 Å². The quantitative estimate of drug-likeness (QED) is 0.419. The highest BCUT2D eigenvalue weighted by Crippen LogP contribution is 2.39. The minimum Gasteiger partial charge on any atom is -0.349 e. The van der Waals surface area contributed by atoms with Crippen molar-refractivity contribution in [1.29, 1.82) is 0 Å². The third-order valence-corrected chi connectivity index (χ3v) is 3.42. The molecule has 20 heavy (non-hydrogen) atoms. The number of hydrogen-bond donors (Lipinski definition) is 0. The van der Waals surface area contributed by atoms with E-state index in [0.29, 0.717) is 0 Å². The Morgan fingerprint density at radius 1 is 0.950 bits per heavy atom. The van der Waals surface area contributed by atoms with Crippen LogP contribution < -0.4 is 0 Å². The topological polar surface area (TPSA) is 134 Å². The summed E-state index contributed by atoms with van der Waals surface area (Å²) in [7, 11) is 2.91. The van der Waals surface area contributed by atoms with E-state index >= 15 is 0 Å². The van der Waals surface area contributed by atoms with Gasteiger partial charge in [-0.2, -0.15) is 0 Å². The molecule has 0 aromatic carbocycles. The third kappa shape index (κ3) is 3.13. The lowest BCUT2D eigenvalue weighted by Gasteiger charge is -2.51. The van der Waals surface area contributed by atoms with Crippen molar-refractivity contribution in [2.75, 3.05) is 27.3 Å². The molecule has 0 bridgehead atoms. The van der Waals surface area contributed by atoms with Crippen molar-refractivity contribution in [3.05, 3.63) is 20.9 Å². The van der Waals surface area contributed by atoms with E-state index in [1.807, 2.05) is 0 Å². The van der Waals surface area contributed by atoms with Gasteiger partial charge in [0.05, 0.1) is 25.3 Å². The molecule has 1 heterocycles. The highest BCUT2D eigenvalue weighted by molar-refractivity contribution is 4.92. The molecule has 1 saturated heterocycles. The molecular formula is C10H18N6O4. The molecule has 4 atom stereocenters. The van der Waals surface area contributed by atoms with Crippen molar-refractivity contribution >= 4 is 0 Å². The van der Waals surface area contributed by atoms with Crippen LogP contribution in [0.1, 0.15) is 13.8 Å². The van der Waals surface area contributed by atoms with Gasteiger partial charge >= 0.3 is 0 Å². The lowest BCUT2D eigenvalue weighted by atomic mass is 10.0. The molecule has 0 amide bonds. The van der Waals surface area contributed by atoms with Gasteiger partial charge in [-0.25, -0.2) is 0 Å². The first-order chi connectivity index (χ1) is 9.46. The van der Waals surface area contributed by atoms with Crippen molar-refractivity contribution in [2.45, 2.75) is 37.6 Å². The predicted octanol–water partition coefficient (Wildman–Crippen LogP) is 2.12. The summed E-state index contributed by atoms with van der Waals surface area (Å²) < 4.78 is 22.3. The Labute approximate surface area is 116 Å². The zero-order valence-corrected chi connectivity index (χ0v) is 11.9. The third-order valence-electron chi connectivity index (χ3n) is 3.42. The summed E-state index contributed by atoms with van der Waals surface area (Å²) in [6, 6.07) is 0. The van der Waals surface area contributed by atoms with Gasteiger partial charge in [-0.3, -0.25) is 0 Å². The van der Waals surface area contributed by atoms with E-state index in [1.54, 1.807) is 13.8 Å². The predicted molar refractivity (Wildman–Crippen MR) is 68.6 cm³/mol. The van der Waals surface area contributed by atoms with Crippen LogP contribution in [0.15, 0.2) is 10.2 Å². The summed E-state index contributed by atoms with van der Waals surface area (Å²) in [5.74, 6) is -2.38. The SMILES string of the molecule is CO[C@]1(C)O[C@@H](CN=[N+]=[N-])[C@H](CN=[N+]=[N-])O[C@@]1(C)OC. The van der Waals surface area contributed by atoms with Gasteiger partial charge < -0.3 is 18.9 Å². The van der Waals surface area contributed by atoms with E-state index in [9.17, 15) is 0 Å². The van der Waals surface area contributed by atoms with Crippen molar-refractivity contribution < 1.29 is 18.9 Å². The van der Waals surface area contributed by atoms with Gasteiger partial charge in [0.25, 0.3) is 0 Å². The van der Waals surface area contributed by atoms with Gasteiger partial charge in [-0.15, -0.1) is 0 Å². The summed E-state index contributed by atoms with van der Waals surface area (Å²) >= 11 is 0. The maximum atomic E-state index is 8.42. The molecule has 1 aliphatic heterocycles. The zero-order chi connectivity index (χ0) is 15.2. The van der Waals surface area contributed by atoms with Crippen LogP contribution in [0.2, 0.25) is 0 Å². The van der Waals surface area contributed by atoms with Crippen LogP contribution in [0.5, 0.6) is 0 Å². The van der Waals surface area contributed by atoms with Crippen LogP contribution in [0.25, 0.3) is 20.9 Å². The van der Waals surface area contributed by atoms with Gasteiger partial charge in [-0.05, 0) is 24.9 Å². The van der Waals surface area contributed by atoms with E-state index in [1.165, 1.54) is 14.2 Å². The lowest BCUT2D eigenvalue weighted by Crippen LogP contribution is -2.66. The van der Waals surface area contributed by atoms with Crippen LogP contribution >= 0.6 is 0 Å². The molecule has 0 radical (unpaired) electrons. The highest BCUT2D eigenvalue weighted by atomic mass is 16.8. The number of azide groups is 2. The van der Waals surface area contributed by atoms with Crippen LogP contribution in [0, 0.1) is 0 Å². The molecule has 0 aromatic rings. The fourth-order valence-corrected chi connectivity index (χ4v) is 1.95. The molecular weight excluding hydrogens is 268 g/mol. The second kappa shape index (κ2) is 6.76. The number of ether oxygens (including phenoxy) is 4. The standard InChI is InChI=1S/C10H18N6O4/c1-9(17-3)10(2,18-4)20-8(6-14-16-12)7(19-9)5-13-15-11/h7-8H,5-6H2,1-4H3/t7-,8-,9+,10+/m0/s1. The highest BCUT2D eigenvalue weighted by Gasteiger charge is 2.56. The molecule has 0 saturated carbocycles. The van der Waals surface area contributed by atoms with Gasteiger partial charge in [0.2, 0.25) is 11.6 Å². The van der Waals surface area contributed by atoms with Gasteiger partial charge in [-0.1, -0.05) is 10.2 Å². The molecule has 112 valence electrons. The second-order valence-corrected chi connectivity index (χ2v) is 4.44. The Kier molecular flexibility index (Phi) is 5.58. The maximum Gasteiger partial charge on any atom is 0.220 e. The summed E-state index contributed by atoms with van der Waals surface area (Å²) in [6.45, 7) is 3.37. The molecule has 10 nitrogen and oxygen atoms in total. The van der Waals surface area contributed by atoms with Crippen LogP contribution in [0.3, 0.4) is 0 Å². The number of hydrogen-bond acceptors (Lipinski definition) is 6. The van der Waals surface area contributed by atoms with Crippen molar-refractivity contribution in [2.24, 2.45) is 10.2 Å². The lowest BCUT2D eigenvalue weighted by molar-refractivity contribution is -0.445. The van der Waals surface area contributed by atoms with Crippen LogP contribution in [0.4, 0.5) is 0 Å². The molecule has 0 aliphatic carbocycles. The van der Waals surface area contributed by atoms with Gasteiger partial charge in [0.15, 0.2) is 0 Å². The molecule has 10 heteroatoms. The average Bonchev–Trinajstić information content (AvgIpc) is 2.46. The molecule has 1 aliphatic rings. The molecule has 0 aromatic heterocycles. The number of methoxy groups -OCH3 is 2. The first-order valence-electron chi connectivity index (χ1n) is 5.94. The zero-order valence-electron chi connectivity index (χ0n) is 11.9. The fraction of sp³-hybridized carbons (Fsp3) is 1.00. The van der Waals surface area contributed by atoms with E-state index in [4.69, 9.17) is 30.0 Å². The van der Waals surface area contributed by atoms with E-state index in [0.717, 1.165) is 0 Å². The fourth-order valence-electron chi connectivity index (χ4n) is 1.95. The van der Waals surface area contributed by atoms with Gasteiger partial charge in [0, 0.05) is 24.0 Å². The molecule has 1 fully saturated rings. The van der Waals surface area contributed by atoms with Crippen molar-refractivity contribution in [3.8, 4) is 0 Å². The number of nitrogens with zero attached hydrogens (tertiary/aromatic N) is 6. The van der Waals surface area contributed by atoms with Gasteiger partial charge in [0.1, 0.15) is 0 Å². The van der Waals surface area contributed by atoms with E-state index in [-0.39, 0.29) is 13.1 Å². The summed E-state index contributed by atoms with van der Waals surface area (Å²) in [6.07, 6.45) is -1.21. The second-order valence-electron chi connectivity index (χ2n) is 4.44. The number of rotatable bonds is 6.